The summed E-state index contributed by atoms with van der Waals surface area (Å²) in [5.74, 6) is -4.20. The van der Waals surface area contributed by atoms with Crippen LogP contribution in [-0.2, 0) is 23.9 Å². The molecule has 1 aromatic rings. The molecule has 0 bridgehead atoms. The van der Waals surface area contributed by atoms with Crippen molar-refractivity contribution in [3.63, 3.8) is 0 Å². The van der Waals surface area contributed by atoms with Gasteiger partial charge in [0, 0.05) is 12.3 Å². The number of ketones is 1. The first-order valence-electron chi connectivity index (χ1n) is 10.7. The van der Waals surface area contributed by atoms with Gasteiger partial charge in [0.25, 0.3) is 0 Å². The summed E-state index contributed by atoms with van der Waals surface area (Å²) in [4.78, 5) is 39.1. The van der Waals surface area contributed by atoms with E-state index < -0.39 is 41.1 Å². The molecule has 1 fully saturated rings. The first-order valence-corrected chi connectivity index (χ1v) is 10.7. The summed E-state index contributed by atoms with van der Waals surface area (Å²) in [5.41, 5.74) is -1.10. The highest BCUT2D eigenvalue weighted by Crippen LogP contribution is 2.47. The minimum Gasteiger partial charge on any atom is -0.497 e. The van der Waals surface area contributed by atoms with Gasteiger partial charge in [0.15, 0.2) is 5.78 Å². The van der Waals surface area contributed by atoms with Crippen LogP contribution < -0.4 is 4.74 Å². The molecule has 172 valence electrons. The summed E-state index contributed by atoms with van der Waals surface area (Å²) < 4.78 is 16.0. The number of aliphatic hydroxyl groups is 1. The lowest BCUT2D eigenvalue weighted by Gasteiger charge is -2.43. The summed E-state index contributed by atoms with van der Waals surface area (Å²) in [6, 6.07) is 6.78. The van der Waals surface area contributed by atoms with Crippen molar-refractivity contribution in [3.05, 3.63) is 29.8 Å². The van der Waals surface area contributed by atoms with Crippen LogP contribution in [0.25, 0.3) is 0 Å². The third-order valence-electron chi connectivity index (χ3n) is 5.39. The average Bonchev–Trinajstić information content (AvgIpc) is 2.69. The normalized spacial score (nSPS) is 26.1. The van der Waals surface area contributed by atoms with Crippen LogP contribution in [0.1, 0.15) is 52.5 Å². The fourth-order valence-electron chi connectivity index (χ4n) is 3.92. The first kappa shape index (κ1) is 24.9. The molecule has 4 unspecified atom stereocenters. The molecule has 1 aromatic carbocycles. The third kappa shape index (κ3) is 6.06. The molecule has 1 saturated carbocycles. The Morgan fingerprint density at radius 3 is 2.03 bits per heavy atom. The fourth-order valence-corrected chi connectivity index (χ4v) is 3.92. The van der Waals surface area contributed by atoms with Gasteiger partial charge in [-0.3, -0.25) is 14.4 Å². The number of benzene rings is 1. The molecule has 7 nitrogen and oxygen atoms in total. The van der Waals surface area contributed by atoms with Crippen molar-refractivity contribution in [2.45, 2.75) is 52.6 Å². The second-order valence-electron chi connectivity index (χ2n) is 9.30. The lowest BCUT2D eigenvalue weighted by Crippen LogP contribution is -2.55. The summed E-state index contributed by atoms with van der Waals surface area (Å²) in [7, 11) is 1.53. The van der Waals surface area contributed by atoms with Crippen molar-refractivity contribution in [1.29, 1.82) is 0 Å². The van der Waals surface area contributed by atoms with Gasteiger partial charge in [-0.25, -0.2) is 0 Å². The summed E-state index contributed by atoms with van der Waals surface area (Å²) in [6.07, 6.45) is -0.331. The minimum atomic E-state index is -1.66. The molecule has 0 radical (unpaired) electrons. The van der Waals surface area contributed by atoms with E-state index in [0.717, 1.165) is 0 Å². The number of carbonyl (C=O) groups excluding carboxylic acids is 3. The van der Waals surface area contributed by atoms with Crippen LogP contribution in [0.15, 0.2) is 24.3 Å². The first-order chi connectivity index (χ1) is 14.5. The summed E-state index contributed by atoms with van der Waals surface area (Å²) in [5, 5.41) is 11.1. The van der Waals surface area contributed by atoms with E-state index in [1.54, 1.807) is 24.3 Å². The van der Waals surface area contributed by atoms with Crippen molar-refractivity contribution < 1.29 is 33.7 Å². The van der Waals surface area contributed by atoms with E-state index in [4.69, 9.17) is 14.2 Å². The van der Waals surface area contributed by atoms with Crippen LogP contribution in [0.4, 0.5) is 0 Å². The zero-order chi connectivity index (χ0) is 23.3. The van der Waals surface area contributed by atoms with Gasteiger partial charge >= 0.3 is 11.9 Å². The number of ether oxygens (including phenoxy) is 3. The van der Waals surface area contributed by atoms with Crippen LogP contribution in [0.2, 0.25) is 0 Å². The molecule has 0 aromatic heterocycles. The largest absolute Gasteiger partial charge is 0.497 e. The van der Waals surface area contributed by atoms with E-state index in [9.17, 15) is 19.5 Å². The summed E-state index contributed by atoms with van der Waals surface area (Å²) >= 11 is 0. The number of methoxy groups -OCH3 is 1. The number of carbonyl (C=O) groups is 3. The molecular formula is C24H34O7. The van der Waals surface area contributed by atoms with Crippen LogP contribution in [0, 0.1) is 23.7 Å². The molecule has 0 aliphatic heterocycles. The Bertz CT molecular complexity index is 780. The monoisotopic (exact) mass is 434 g/mol. The van der Waals surface area contributed by atoms with Gasteiger partial charge in [-0.2, -0.15) is 0 Å². The van der Waals surface area contributed by atoms with Gasteiger partial charge in [0.1, 0.15) is 11.7 Å². The Morgan fingerprint density at radius 2 is 1.55 bits per heavy atom. The van der Waals surface area contributed by atoms with Crippen molar-refractivity contribution in [2.24, 2.45) is 23.7 Å². The quantitative estimate of drug-likeness (QED) is 0.496. The molecule has 0 spiro atoms. The van der Waals surface area contributed by atoms with E-state index in [0.29, 0.717) is 11.3 Å². The highest BCUT2D eigenvalue weighted by molar-refractivity contribution is 6.02. The standard InChI is InChI=1S/C24H34O7/c1-14(2)12-30-22(26)20-18(25)11-24(5,28)21(23(27)31-13-15(3)4)19(20)16-7-9-17(29-6)10-8-16/h7-10,14-15,19-21,28H,11-13H2,1-6H3. The molecule has 1 aliphatic rings. The van der Waals surface area contributed by atoms with E-state index in [1.165, 1.54) is 14.0 Å². The molecule has 7 heteroatoms. The Balaban J connectivity index is 2.52. The highest BCUT2D eigenvalue weighted by Gasteiger charge is 2.57. The van der Waals surface area contributed by atoms with E-state index in [1.807, 2.05) is 27.7 Å². The van der Waals surface area contributed by atoms with Gasteiger partial charge in [-0.15, -0.1) is 0 Å². The maximum Gasteiger partial charge on any atom is 0.317 e. The molecule has 4 atom stereocenters. The van der Waals surface area contributed by atoms with Crippen molar-refractivity contribution >= 4 is 17.7 Å². The highest BCUT2D eigenvalue weighted by atomic mass is 16.5. The van der Waals surface area contributed by atoms with E-state index in [-0.39, 0.29) is 31.5 Å². The van der Waals surface area contributed by atoms with Crippen LogP contribution in [-0.4, -0.2) is 48.8 Å². The zero-order valence-corrected chi connectivity index (χ0v) is 19.2. The lowest BCUT2D eigenvalue weighted by molar-refractivity contribution is -0.173. The maximum absolute atomic E-state index is 13.1. The van der Waals surface area contributed by atoms with Gasteiger partial charge in [-0.05, 0) is 36.5 Å². The van der Waals surface area contributed by atoms with Crippen molar-refractivity contribution in [1.82, 2.24) is 0 Å². The Hall–Kier alpha value is -2.41. The minimum absolute atomic E-state index is 0.0944. The van der Waals surface area contributed by atoms with Crippen molar-refractivity contribution in [2.75, 3.05) is 20.3 Å². The number of hydrogen-bond donors (Lipinski definition) is 1. The number of Topliss-reactive ketones (excluding diaryl/α,β-unsaturated/α-hetero) is 1. The molecule has 0 heterocycles. The van der Waals surface area contributed by atoms with Crippen LogP contribution in [0.5, 0.6) is 5.75 Å². The van der Waals surface area contributed by atoms with Crippen LogP contribution in [0.3, 0.4) is 0 Å². The molecule has 2 rings (SSSR count). The molecule has 0 amide bonds. The molecule has 31 heavy (non-hydrogen) atoms. The van der Waals surface area contributed by atoms with E-state index >= 15 is 0 Å². The molecule has 0 saturated heterocycles. The zero-order valence-electron chi connectivity index (χ0n) is 19.2. The SMILES string of the molecule is COc1ccc(C2C(C(=O)OCC(C)C)C(=O)CC(C)(O)C2C(=O)OCC(C)C)cc1. The smallest absolute Gasteiger partial charge is 0.317 e. The molecular weight excluding hydrogens is 400 g/mol. The van der Waals surface area contributed by atoms with E-state index in [2.05, 4.69) is 0 Å². The predicted octanol–water partition coefficient (Wildman–Crippen LogP) is 3.13. The third-order valence-corrected chi connectivity index (χ3v) is 5.39. The maximum atomic E-state index is 13.1. The second kappa shape index (κ2) is 10.3. The second-order valence-corrected chi connectivity index (χ2v) is 9.30. The number of hydrogen-bond acceptors (Lipinski definition) is 7. The molecule has 1 N–H and O–H groups in total. The van der Waals surface area contributed by atoms with Crippen LogP contribution >= 0.6 is 0 Å². The topological polar surface area (TPSA) is 99.1 Å². The summed E-state index contributed by atoms with van der Waals surface area (Å²) in [6.45, 7) is 9.39. The lowest BCUT2D eigenvalue weighted by atomic mass is 9.61. The number of rotatable bonds is 8. The Morgan fingerprint density at radius 1 is 1.03 bits per heavy atom. The molecule has 1 aliphatic carbocycles. The Kier molecular flexibility index (Phi) is 8.23. The average molecular weight is 435 g/mol. The number of esters is 2. The Labute approximate surface area is 184 Å². The van der Waals surface area contributed by atoms with Gasteiger partial charge in [-0.1, -0.05) is 39.8 Å². The van der Waals surface area contributed by atoms with Gasteiger partial charge in [0.05, 0.1) is 31.8 Å². The van der Waals surface area contributed by atoms with Crippen molar-refractivity contribution in [3.8, 4) is 5.75 Å². The fraction of sp³-hybridized carbons (Fsp3) is 0.625. The van der Waals surface area contributed by atoms with Gasteiger partial charge in [0.2, 0.25) is 0 Å². The predicted molar refractivity (Wildman–Crippen MR) is 115 cm³/mol. The van der Waals surface area contributed by atoms with Gasteiger partial charge < -0.3 is 19.3 Å².